The van der Waals surface area contributed by atoms with Crippen LogP contribution < -0.4 is 0 Å². The Morgan fingerprint density at radius 2 is 1.57 bits per heavy atom. The lowest BCUT2D eigenvalue weighted by atomic mass is 10.0. The van der Waals surface area contributed by atoms with Gasteiger partial charge in [-0.2, -0.15) is 0 Å². The number of rotatable bonds is 5. The van der Waals surface area contributed by atoms with E-state index in [9.17, 15) is 13.2 Å². The summed E-state index contributed by atoms with van der Waals surface area (Å²) in [6, 6.07) is 20.7. The number of nitrogens with zero attached hydrogens (tertiary/aromatic N) is 3. The molecule has 3 aromatic rings. The van der Waals surface area contributed by atoms with E-state index in [0.717, 1.165) is 37.3 Å². The van der Waals surface area contributed by atoms with Crippen LogP contribution in [0.5, 0.6) is 0 Å². The monoisotopic (exact) mass is 519 g/mol. The van der Waals surface area contributed by atoms with Crippen molar-refractivity contribution >= 4 is 38.1 Å². The van der Waals surface area contributed by atoms with Gasteiger partial charge in [-0.05, 0) is 36.3 Å². The van der Waals surface area contributed by atoms with Gasteiger partial charge in [0.15, 0.2) is 15.6 Å². The molecule has 0 amide bonds. The van der Waals surface area contributed by atoms with E-state index in [1.54, 1.807) is 36.4 Å². The third-order valence-corrected chi connectivity index (χ3v) is 8.21. The van der Waals surface area contributed by atoms with Crippen molar-refractivity contribution in [3.63, 3.8) is 0 Å². The zero-order valence-electron chi connectivity index (χ0n) is 21.3. The number of allylic oxidation sites excluding steroid dienone is 1. The van der Waals surface area contributed by atoms with Crippen LogP contribution in [-0.4, -0.2) is 74.6 Å². The molecule has 0 fully saturated rings. The number of sulfone groups is 1. The first-order valence-electron chi connectivity index (χ1n) is 12.5. The van der Waals surface area contributed by atoms with Gasteiger partial charge in [0.1, 0.15) is 5.84 Å². The minimum Gasteiger partial charge on any atom is -0.480 e. The first-order chi connectivity index (χ1) is 17.8. The number of benzene rings is 3. The number of aliphatic imine (C=N–C) groups is 1. The lowest BCUT2D eigenvalue weighted by Gasteiger charge is -2.27. The van der Waals surface area contributed by atoms with Gasteiger partial charge >= 0.3 is 5.97 Å². The zero-order chi connectivity index (χ0) is 26.4. The highest BCUT2D eigenvalue weighted by Crippen LogP contribution is 2.25. The van der Waals surface area contributed by atoms with Gasteiger partial charge < -0.3 is 14.9 Å². The molecule has 7 nitrogen and oxygen atoms in total. The molecule has 5 rings (SSSR count). The Bertz CT molecular complexity index is 1370. The average molecular weight is 520 g/mol. The van der Waals surface area contributed by atoms with Gasteiger partial charge in [0.25, 0.3) is 0 Å². The van der Waals surface area contributed by atoms with E-state index in [2.05, 4.69) is 59.2 Å². The lowest BCUT2D eigenvalue weighted by molar-refractivity contribution is -0.134. The molecule has 2 aliphatic heterocycles. The van der Waals surface area contributed by atoms with Gasteiger partial charge in [-0.25, -0.2) is 8.42 Å². The topological polar surface area (TPSA) is 90.3 Å². The summed E-state index contributed by atoms with van der Waals surface area (Å²) in [4.78, 5) is 19.9. The van der Waals surface area contributed by atoms with Crippen LogP contribution in [0.3, 0.4) is 0 Å². The van der Waals surface area contributed by atoms with E-state index < -0.39 is 21.6 Å². The largest absolute Gasteiger partial charge is 0.480 e. The first kappa shape index (κ1) is 26.4. The summed E-state index contributed by atoms with van der Waals surface area (Å²) in [5.74, 6) is -1.10. The highest BCUT2D eigenvalue weighted by atomic mass is 32.2. The average Bonchev–Trinajstić information content (AvgIpc) is 2.89. The second-order valence-corrected chi connectivity index (χ2v) is 11.3. The lowest BCUT2D eigenvalue weighted by Crippen LogP contribution is -2.32. The smallest absolute Gasteiger partial charge is 0.319 e. The molecule has 0 spiro atoms. The summed E-state index contributed by atoms with van der Waals surface area (Å²) in [6.07, 6.45) is 5.97. The number of amidine groups is 1. The molecule has 37 heavy (non-hydrogen) atoms. The van der Waals surface area contributed by atoms with E-state index in [1.165, 1.54) is 35.7 Å². The Labute approximate surface area is 218 Å². The summed E-state index contributed by atoms with van der Waals surface area (Å²) in [5.41, 5.74) is 3.91. The van der Waals surface area contributed by atoms with Crippen molar-refractivity contribution in [3.8, 4) is 0 Å². The minimum absolute atomic E-state index is 0.0676. The fraction of sp³-hybridized carbons (Fsp3) is 0.310. The number of hydrogen-bond acceptors (Lipinski definition) is 6. The molecule has 0 saturated heterocycles. The summed E-state index contributed by atoms with van der Waals surface area (Å²) in [7, 11) is 0.521. The van der Waals surface area contributed by atoms with E-state index in [0.29, 0.717) is 5.39 Å². The van der Waals surface area contributed by atoms with Crippen molar-refractivity contribution in [1.29, 1.82) is 0 Å². The molecule has 0 saturated carbocycles. The van der Waals surface area contributed by atoms with Crippen molar-refractivity contribution in [3.05, 3.63) is 83.9 Å². The van der Waals surface area contributed by atoms with Gasteiger partial charge in [0.05, 0.1) is 4.90 Å². The molecule has 0 aromatic heterocycles. The molecule has 0 atom stereocenters. The SMILES string of the molecule is CN1CCCC=C1c1ccc(C2=NCCCN2C)cc1.O=C(O)CS(=O)(=O)c1cccc2ccccc12. The fourth-order valence-corrected chi connectivity index (χ4v) is 6.00. The van der Waals surface area contributed by atoms with Gasteiger partial charge in [0, 0.05) is 50.4 Å². The van der Waals surface area contributed by atoms with Gasteiger partial charge in [-0.3, -0.25) is 9.79 Å². The highest BCUT2D eigenvalue weighted by molar-refractivity contribution is 7.92. The van der Waals surface area contributed by atoms with E-state index in [4.69, 9.17) is 5.11 Å². The predicted octanol–water partition coefficient (Wildman–Crippen LogP) is 4.53. The summed E-state index contributed by atoms with van der Waals surface area (Å²) >= 11 is 0. The standard InChI is InChI=1S/C17H23N3.C12H10O4S/c1-19-12-4-3-6-16(19)14-7-9-15(10-8-14)17-18-11-5-13-20(17)2;13-12(14)8-17(15,16)11-7-3-5-9-4-1-2-6-10(9)11/h6-10H,3-5,11-13H2,1-2H3;1-7H,8H2,(H,13,14). The van der Waals surface area contributed by atoms with Crippen LogP contribution in [0.25, 0.3) is 16.5 Å². The third-order valence-electron chi connectivity index (χ3n) is 6.56. The Balaban J connectivity index is 0.000000176. The second kappa shape index (κ2) is 11.6. The molecule has 0 aliphatic carbocycles. The van der Waals surface area contributed by atoms with E-state index in [-0.39, 0.29) is 4.90 Å². The normalized spacial score (nSPS) is 15.9. The van der Waals surface area contributed by atoms with Gasteiger partial charge in [-0.15, -0.1) is 0 Å². The molecule has 0 unspecified atom stereocenters. The number of carboxylic acids is 1. The highest BCUT2D eigenvalue weighted by Gasteiger charge is 2.21. The molecular formula is C29H33N3O4S. The van der Waals surface area contributed by atoms with Crippen LogP contribution >= 0.6 is 0 Å². The maximum Gasteiger partial charge on any atom is 0.319 e. The fourth-order valence-electron chi connectivity index (χ4n) is 4.71. The Morgan fingerprint density at radius 1 is 0.892 bits per heavy atom. The van der Waals surface area contributed by atoms with Crippen LogP contribution in [-0.2, 0) is 14.6 Å². The van der Waals surface area contributed by atoms with Crippen LogP contribution in [0, 0.1) is 0 Å². The van der Waals surface area contributed by atoms with Gasteiger partial charge in [-0.1, -0.05) is 66.7 Å². The molecule has 2 aliphatic rings. The minimum atomic E-state index is -3.79. The van der Waals surface area contributed by atoms with Crippen LogP contribution in [0.15, 0.2) is 82.7 Å². The van der Waals surface area contributed by atoms with Crippen LogP contribution in [0.4, 0.5) is 0 Å². The molecule has 0 bridgehead atoms. The van der Waals surface area contributed by atoms with Crippen LogP contribution in [0.1, 0.15) is 30.4 Å². The van der Waals surface area contributed by atoms with E-state index >= 15 is 0 Å². The molecule has 2 heterocycles. The Kier molecular flexibility index (Phi) is 8.28. The van der Waals surface area contributed by atoms with E-state index in [1.807, 2.05) is 0 Å². The summed E-state index contributed by atoms with van der Waals surface area (Å²) < 4.78 is 23.8. The van der Waals surface area contributed by atoms with Crippen molar-refractivity contribution in [1.82, 2.24) is 9.80 Å². The molecule has 194 valence electrons. The zero-order valence-corrected chi connectivity index (χ0v) is 22.1. The van der Waals surface area contributed by atoms with Crippen molar-refractivity contribution in [2.75, 3.05) is 39.5 Å². The molecule has 3 aromatic carbocycles. The number of aliphatic carboxylic acids is 1. The Hall–Kier alpha value is -3.65. The molecular weight excluding hydrogens is 486 g/mol. The maximum absolute atomic E-state index is 11.9. The van der Waals surface area contributed by atoms with Crippen LogP contribution in [0.2, 0.25) is 0 Å². The quantitative estimate of drug-likeness (QED) is 0.533. The number of carbonyl (C=O) groups is 1. The summed E-state index contributed by atoms with van der Waals surface area (Å²) in [6.45, 7) is 3.22. The number of carboxylic acid groups (broad SMARTS) is 1. The third kappa shape index (κ3) is 6.38. The predicted molar refractivity (Wildman–Crippen MR) is 149 cm³/mol. The summed E-state index contributed by atoms with van der Waals surface area (Å²) in [5, 5.41) is 9.93. The Morgan fingerprint density at radius 3 is 2.27 bits per heavy atom. The molecule has 1 N–H and O–H groups in total. The maximum atomic E-state index is 11.9. The molecule has 8 heteroatoms. The number of hydrogen-bond donors (Lipinski definition) is 1. The molecule has 0 radical (unpaired) electrons. The number of fused-ring (bicyclic) bond motifs is 1. The van der Waals surface area contributed by atoms with Crippen molar-refractivity contribution in [2.45, 2.75) is 24.2 Å². The second-order valence-electron chi connectivity index (χ2n) is 9.34. The van der Waals surface area contributed by atoms with Gasteiger partial charge in [0.2, 0.25) is 0 Å². The van der Waals surface area contributed by atoms with Crippen molar-refractivity contribution in [2.24, 2.45) is 4.99 Å². The van der Waals surface area contributed by atoms with Crippen molar-refractivity contribution < 1.29 is 18.3 Å². The first-order valence-corrected chi connectivity index (χ1v) is 14.1.